The van der Waals surface area contributed by atoms with E-state index in [4.69, 9.17) is 5.11 Å². The summed E-state index contributed by atoms with van der Waals surface area (Å²) in [5.74, 6) is -2.05. The summed E-state index contributed by atoms with van der Waals surface area (Å²) in [6.45, 7) is 3.63. The van der Waals surface area contributed by atoms with E-state index in [9.17, 15) is 14.0 Å². The maximum absolute atomic E-state index is 13.0. The van der Waals surface area contributed by atoms with Gasteiger partial charge in [0.25, 0.3) is 0 Å². The highest BCUT2D eigenvalue weighted by Gasteiger charge is 2.25. The van der Waals surface area contributed by atoms with Gasteiger partial charge in [-0.05, 0) is 23.6 Å². The highest BCUT2D eigenvalue weighted by atomic mass is 19.1. The quantitative estimate of drug-likeness (QED) is 0.828. The molecule has 104 valence electrons. The lowest BCUT2D eigenvalue weighted by Gasteiger charge is -2.20. The van der Waals surface area contributed by atoms with Crippen molar-refractivity contribution >= 4 is 11.9 Å². The SMILES string of the molecule is CCC(C)C(NC(=O)Cc1cccc(F)c1)C(=O)O. The maximum atomic E-state index is 13.0. The lowest BCUT2D eigenvalue weighted by Crippen LogP contribution is -2.45. The molecule has 0 saturated heterocycles. The first-order valence-electron chi connectivity index (χ1n) is 6.20. The van der Waals surface area contributed by atoms with Crippen molar-refractivity contribution in [1.29, 1.82) is 0 Å². The molecule has 19 heavy (non-hydrogen) atoms. The van der Waals surface area contributed by atoms with Crippen molar-refractivity contribution in [2.24, 2.45) is 5.92 Å². The van der Waals surface area contributed by atoms with Gasteiger partial charge in [0.1, 0.15) is 11.9 Å². The zero-order chi connectivity index (χ0) is 14.4. The van der Waals surface area contributed by atoms with Crippen LogP contribution in [0.5, 0.6) is 0 Å². The summed E-state index contributed by atoms with van der Waals surface area (Å²) in [6.07, 6.45) is 0.620. The first-order chi connectivity index (χ1) is 8.93. The van der Waals surface area contributed by atoms with Crippen LogP contribution in [0.1, 0.15) is 25.8 Å². The van der Waals surface area contributed by atoms with Gasteiger partial charge in [-0.2, -0.15) is 0 Å². The minimum atomic E-state index is -1.05. The van der Waals surface area contributed by atoms with Crippen LogP contribution >= 0.6 is 0 Å². The van der Waals surface area contributed by atoms with Crippen LogP contribution in [0.4, 0.5) is 4.39 Å². The number of nitrogens with one attached hydrogen (secondary N) is 1. The van der Waals surface area contributed by atoms with Crippen molar-refractivity contribution in [3.05, 3.63) is 35.6 Å². The summed E-state index contributed by atoms with van der Waals surface area (Å²) >= 11 is 0. The van der Waals surface area contributed by atoms with Crippen LogP contribution < -0.4 is 5.32 Å². The van der Waals surface area contributed by atoms with Gasteiger partial charge in [0, 0.05) is 0 Å². The number of halogens is 1. The number of carboxylic acids is 1. The summed E-state index contributed by atoms with van der Waals surface area (Å²) in [6, 6.07) is 4.79. The summed E-state index contributed by atoms with van der Waals surface area (Å²) in [7, 11) is 0. The molecule has 0 spiro atoms. The Balaban J connectivity index is 2.65. The molecule has 1 amide bonds. The zero-order valence-electron chi connectivity index (χ0n) is 11.0. The van der Waals surface area contributed by atoms with E-state index in [0.717, 1.165) is 0 Å². The van der Waals surface area contributed by atoms with E-state index in [1.165, 1.54) is 18.2 Å². The Hall–Kier alpha value is -1.91. The number of hydrogen-bond donors (Lipinski definition) is 2. The van der Waals surface area contributed by atoms with Crippen LogP contribution in [0.3, 0.4) is 0 Å². The third kappa shape index (κ3) is 4.69. The maximum Gasteiger partial charge on any atom is 0.326 e. The van der Waals surface area contributed by atoms with E-state index >= 15 is 0 Å². The standard InChI is InChI=1S/C14H18FNO3/c1-3-9(2)13(14(18)19)16-12(17)8-10-5-4-6-11(15)7-10/h4-7,9,13H,3,8H2,1-2H3,(H,16,17)(H,18,19). The molecule has 0 saturated carbocycles. The largest absolute Gasteiger partial charge is 0.480 e. The van der Waals surface area contributed by atoms with Gasteiger partial charge in [-0.25, -0.2) is 9.18 Å². The lowest BCUT2D eigenvalue weighted by molar-refractivity contribution is -0.143. The fourth-order valence-corrected chi connectivity index (χ4v) is 1.74. The number of carbonyl (C=O) groups excluding carboxylic acids is 1. The molecule has 0 aliphatic heterocycles. The average molecular weight is 267 g/mol. The van der Waals surface area contributed by atoms with Crippen LogP contribution in [0, 0.1) is 11.7 Å². The highest BCUT2D eigenvalue weighted by Crippen LogP contribution is 2.09. The van der Waals surface area contributed by atoms with Gasteiger partial charge < -0.3 is 10.4 Å². The number of aliphatic carboxylic acids is 1. The molecule has 1 rings (SSSR count). The molecule has 0 heterocycles. The molecule has 0 aliphatic rings. The Kier molecular flexibility index (Phi) is 5.48. The number of carbonyl (C=O) groups is 2. The Labute approximate surface area is 111 Å². The fraction of sp³-hybridized carbons (Fsp3) is 0.429. The number of amides is 1. The van der Waals surface area contributed by atoms with Crippen LogP contribution in [0.15, 0.2) is 24.3 Å². The van der Waals surface area contributed by atoms with Gasteiger partial charge >= 0.3 is 5.97 Å². The second kappa shape index (κ2) is 6.87. The molecule has 0 aliphatic carbocycles. The molecule has 2 unspecified atom stereocenters. The van der Waals surface area contributed by atoms with Gasteiger partial charge in [0.2, 0.25) is 5.91 Å². The second-order valence-electron chi connectivity index (χ2n) is 4.58. The van der Waals surface area contributed by atoms with Crippen molar-refractivity contribution < 1.29 is 19.1 Å². The minimum Gasteiger partial charge on any atom is -0.480 e. The second-order valence-corrected chi connectivity index (χ2v) is 4.58. The molecule has 5 heteroatoms. The summed E-state index contributed by atoms with van der Waals surface area (Å²) < 4.78 is 13.0. The van der Waals surface area contributed by atoms with Crippen molar-refractivity contribution in [3.63, 3.8) is 0 Å². The minimum absolute atomic E-state index is 0.0298. The predicted molar refractivity (Wildman–Crippen MR) is 69.1 cm³/mol. The normalized spacial score (nSPS) is 13.6. The van der Waals surface area contributed by atoms with Gasteiger partial charge in [0.05, 0.1) is 6.42 Å². The predicted octanol–water partition coefficient (Wildman–Crippen LogP) is 1.98. The third-order valence-corrected chi connectivity index (χ3v) is 3.05. The van der Waals surface area contributed by atoms with E-state index in [-0.39, 0.29) is 12.3 Å². The lowest BCUT2D eigenvalue weighted by atomic mass is 9.99. The van der Waals surface area contributed by atoms with Crippen LogP contribution in [-0.4, -0.2) is 23.0 Å². The number of benzene rings is 1. The summed E-state index contributed by atoms with van der Waals surface area (Å²) in [5, 5.41) is 11.5. The topological polar surface area (TPSA) is 66.4 Å². The number of rotatable bonds is 6. The highest BCUT2D eigenvalue weighted by molar-refractivity contribution is 5.85. The molecule has 0 aromatic heterocycles. The summed E-state index contributed by atoms with van der Waals surface area (Å²) in [5.41, 5.74) is 0.519. The average Bonchev–Trinajstić information content (AvgIpc) is 2.34. The Bertz CT molecular complexity index is 462. The van der Waals surface area contributed by atoms with Crippen molar-refractivity contribution in [2.45, 2.75) is 32.7 Å². The van der Waals surface area contributed by atoms with E-state index in [0.29, 0.717) is 12.0 Å². The molecule has 2 N–H and O–H groups in total. The van der Waals surface area contributed by atoms with Crippen molar-refractivity contribution in [1.82, 2.24) is 5.32 Å². The van der Waals surface area contributed by atoms with E-state index < -0.39 is 23.7 Å². The monoisotopic (exact) mass is 267 g/mol. The van der Waals surface area contributed by atoms with Crippen molar-refractivity contribution in [3.8, 4) is 0 Å². The molecule has 0 radical (unpaired) electrons. The molecule has 1 aromatic rings. The molecule has 2 atom stereocenters. The molecular weight excluding hydrogens is 249 g/mol. The van der Waals surface area contributed by atoms with Gasteiger partial charge in [-0.15, -0.1) is 0 Å². The zero-order valence-corrected chi connectivity index (χ0v) is 11.0. The fourth-order valence-electron chi connectivity index (χ4n) is 1.74. The number of hydrogen-bond acceptors (Lipinski definition) is 2. The smallest absolute Gasteiger partial charge is 0.326 e. The van der Waals surface area contributed by atoms with Crippen LogP contribution in [-0.2, 0) is 16.0 Å². The first-order valence-corrected chi connectivity index (χ1v) is 6.20. The molecular formula is C14H18FNO3. The Morgan fingerprint density at radius 3 is 2.63 bits per heavy atom. The molecule has 0 bridgehead atoms. The van der Waals surface area contributed by atoms with Crippen LogP contribution in [0.2, 0.25) is 0 Å². The molecule has 4 nitrogen and oxygen atoms in total. The van der Waals surface area contributed by atoms with E-state index in [2.05, 4.69) is 5.32 Å². The van der Waals surface area contributed by atoms with Crippen LogP contribution in [0.25, 0.3) is 0 Å². The van der Waals surface area contributed by atoms with E-state index in [1.807, 2.05) is 6.92 Å². The van der Waals surface area contributed by atoms with Gasteiger partial charge in [-0.3, -0.25) is 4.79 Å². The third-order valence-electron chi connectivity index (χ3n) is 3.05. The Morgan fingerprint density at radius 1 is 1.42 bits per heavy atom. The molecule has 0 fully saturated rings. The van der Waals surface area contributed by atoms with Gasteiger partial charge in [0.15, 0.2) is 0 Å². The van der Waals surface area contributed by atoms with Crippen molar-refractivity contribution in [2.75, 3.05) is 0 Å². The van der Waals surface area contributed by atoms with E-state index in [1.54, 1.807) is 13.0 Å². The van der Waals surface area contributed by atoms with Gasteiger partial charge in [-0.1, -0.05) is 32.4 Å². The first kappa shape index (κ1) is 15.1. The molecule has 1 aromatic carbocycles. The number of carboxylic acid groups (broad SMARTS) is 1. The summed E-state index contributed by atoms with van der Waals surface area (Å²) in [4.78, 5) is 22.8. The Morgan fingerprint density at radius 2 is 2.11 bits per heavy atom.